The van der Waals surface area contributed by atoms with Crippen molar-refractivity contribution >= 4 is 0 Å². The molecule has 5 nitrogen and oxygen atoms in total. The summed E-state index contributed by atoms with van der Waals surface area (Å²) in [5.41, 5.74) is -0.0792. The Morgan fingerprint density at radius 1 is 1.29 bits per heavy atom. The number of aryl methyl sites for hydroxylation is 1. The SMILES string of the molecule is Cc1cn(N2CCCC2)c(=O)[nH]c1=O. The molecule has 1 N–H and O–H groups in total. The maximum Gasteiger partial charge on any atom is 0.347 e. The van der Waals surface area contributed by atoms with Gasteiger partial charge in [-0.15, -0.1) is 0 Å². The third-order valence-electron chi connectivity index (χ3n) is 2.49. The molecule has 0 atom stereocenters. The molecule has 5 heteroatoms. The van der Waals surface area contributed by atoms with Gasteiger partial charge in [0.05, 0.1) is 0 Å². The summed E-state index contributed by atoms with van der Waals surface area (Å²) in [5, 5.41) is 1.95. The highest BCUT2D eigenvalue weighted by Gasteiger charge is 2.13. The number of aromatic amines is 1. The number of hydrogen-bond acceptors (Lipinski definition) is 3. The number of hydrogen-bond donors (Lipinski definition) is 1. The van der Waals surface area contributed by atoms with Crippen molar-refractivity contribution in [2.75, 3.05) is 18.1 Å². The van der Waals surface area contributed by atoms with Crippen molar-refractivity contribution in [3.05, 3.63) is 32.6 Å². The van der Waals surface area contributed by atoms with Gasteiger partial charge in [-0.25, -0.2) is 9.47 Å². The highest BCUT2D eigenvalue weighted by Crippen LogP contribution is 2.04. The molecule has 1 saturated heterocycles. The Kier molecular flexibility index (Phi) is 2.15. The van der Waals surface area contributed by atoms with Crippen LogP contribution >= 0.6 is 0 Å². The summed E-state index contributed by atoms with van der Waals surface area (Å²) in [5.74, 6) is 0. The molecule has 0 amide bonds. The average Bonchev–Trinajstić information content (AvgIpc) is 2.64. The first-order chi connectivity index (χ1) is 6.68. The van der Waals surface area contributed by atoms with Crippen molar-refractivity contribution in [1.29, 1.82) is 0 Å². The van der Waals surface area contributed by atoms with Crippen molar-refractivity contribution in [2.24, 2.45) is 0 Å². The van der Waals surface area contributed by atoms with Gasteiger partial charge in [0.25, 0.3) is 5.56 Å². The van der Waals surface area contributed by atoms with E-state index in [1.54, 1.807) is 13.1 Å². The van der Waals surface area contributed by atoms with Gasteiger partial charge in [-0.1, -0.05) is 0 Å². The van der Waals surface area contributed by atoms with Gasteiger partial charge in [0, 0.05) is 24.8 Å². The number of aromatic nitrogens is 2. The maximum atomic E-state index is 11.4. The van der Waals surface area contributed by atoms with E-state index in [4.69, 9.17) is 0 Å². The van der Waals surface area contributed by atoms with E-state index in [1.165, 1.54) is 4.68 Å². The zero-order chi connectivity index (χ0) is 10.1. The fourth-order valence-corrected chi connectivity index (χ4v) is 1.68. The minimum Gasteiger partial charge on any atom is -0.309 e. The topological polar surface area (TPSA) is 58.1 Å². The Balaban J connectivity index is 2.47. The quantitative estimate of drug-likeness (QED) is 0.662. The largest absolute Gasteiger partial charge is 0.347 e. The van der Waals surface area contributed by atoms with Crippen molar-refractivity contribution in [3.63, 3.8) is 0 Å². The van der Waals surface area contributed by atoms with E-state index < -0.39 is 0 Å². The van der Waals surface area contributed by atoms with Gasteiger partial charge in [-0.3, -0.25) is 9.78 Å². The van der Waals surface area contributed by atoms with E-state index in [0.717, 1.165) is 25.9 Å². The molecule has 1 aliphatic rings. The van der Waals surface area contributed by atoms with E-state index >= 15 is 0 Å². The van der Waals surface area contributed by atoms with Gasteiger partial charge in [-0.2, -0.15) is 0 Å². The van der Waals surface area contributed by atoms with Gasteiger partial charge in [-0.05, 0) is 19.8 Å². The van der Waals surface area contributed by atoms with Crippen LogP contribution in [0.4, 0.5) is 0 Å². The molecule has 76 valence electrons. The molecule has 1 fully saturated rings. The number of rotatable bonds is 1. The van der Waals surface area contributed by atoms with Crippen LogP contribution in [0.3, 0.4) is 0 Å². The third kappa shape index (κ3) is 1.45. The standard InChI is InChI=1S/C9H13N3O2/c1-7-6-12(9(14)10-8(7)13)11-4-2-3-5-11/h6H,2-5H2,1H3,(H,10,13,14). The Hall–Kier alpha value is -1.52. The van der Waals surface area contributed by atoms with Crippen LogP contribution < -0.4 is 16.3 Å². The third-order valence-corrected chi connectivity index (χ3v) is 2.49. The van der Waals surface area contributed by atoms with E-state index in [1.807, 2.05) is 5.01 Å². The van der Waals surface area contributed by atoms with E-state index in [9.17, 15) is 9.59 Å². The van der Waals surface area contributed by atoms with Crippen molar-refractivity contribution in [3.8, 4) is 0 Å². The first-order valence-corrected chi connectivity index (χ1v) is 4.76. The molecule has 0 saturated carbocycles. The first-order valence-electron chi connectivity index (χ1n) is 4.76. The Morgan fingerprint density at radius 2 is 1.93 bits per heavy atom. The maximum absolute atomic E-state index is 11.4. The Bertz CT molecular complexity index is 440. The number of nitrogens with zero attached hydrogens (tertiary/aromatic N) is 2. The molecule has 0 aliphatic carbocycles. The summed E-state index contributed by atoms with van der Waals surface area (Å²) < 4.78 is 1.50. The summed E-state index contributed by atoms with van der Waals surface area (Å²) in [4.78, 5) is 24.9. The zero-order valence-electron chi connectivity index (χ0n) is 8.12. The number of nitrogens with one attached hydrogen (secondary N) is 1. The van der Waals surface area contributed by atoms with Crippen molar-refractivity contribution in [1.82, 2.24) is 9.66 Å². The smallest absolute Gasteiger partial charge is 0.309 e. The van der Waals surface area contributed by atoms with Gasteiger partial charge in [0.2, 0.25) is 0 Å². The summed E-state index contributed by atoms with van der Waals surface area (Å²) in [6, 6.07) is 0. The molecule has 0 bridgehead atoms. The van der Waals surface area contributed by atoms with E-state index in [0.29, 0.717) is 5.56 Å². The van der Waals surface area contributed by atoms with Gasteiger partial charge < -0.3 is 5.01 Å². The Morgan fingerprint density at radius 3 is 2.57 bits per heavy atom. The molecule has 1 aromatic heterocycles. The van der Waals surface area contributed by atoms with Crippen LogP contribution in [0.2, 0.25) is 0 Å². The molecular weight excluding hydrogens is 182 g/mol. The first kappa shape index (κ1) is 9.05. The van der Waals surface area contributed by atoms with Gasteiger partial charge in [0.1, 0.15) is 0 Å². The summed E-state index contributed by atoms with van der Waals surface area (Å²) in [6.45, 7) is 3.46. The summed E-state index contributed by atoms with van der Waals surface area (Å²) in [6.07, 6.45) is 3.81. The molecule has 1 aromatic rings. The Labute approximate surface area is 81.0 Å². The van der Waals surface area contributed by atoms with E-state index in [2.05, 4.69) is 4.98 Å². The van der Waals surface area contributed by atoms with Gasteiger partial charge in [0.15, 0.2) is 0 Å². The highest BCUT2D eigenvalue weighted by molar-refractivity contribution is 5.04. The van der Waals surface area contributed by atoms with Crippen molar-refractivity contribution < 1.29 is 0 Å². The van der Waals surface area contributed by atoms with Crippen LogP contribution in [0.1, 0.15) is 18.4 Å². The summed E-state index contributed by atoms with van der Waals surface area (Å²) in [7, 11) is 0. The minimum absolute atomic E-state index is 0.301. The zero-order valence-corrected chi connectivity index (χ0v) is 8.12. The second-order valence-corrected chi connectivity index (χ2v) is 3.58. The predicted molar refractivity (Wildman–Crippen MR) is 53.2 cm³/mol. The molecule has 0 unspecified atom stereocenters. The normalized spacial score (nSPS) is 16.2. The second kappa shape index (κ2) is 3.32. The fraction of sp³-hybridized carbons (Fsp3) is 0.556. The molecule has 1 aliphatic heterocycles. The van der Waals surface area contributed by atoms with Crippen LogP contribution in [-0.2, 0) is 0 Å². The molecule has 2 rings (SSSR count). The lowest BCUT2D eigenvalue weighted by molar-refractivity contribution is 0.614. The minimum atomic E-state index is -0.345. The van der Waals surface area contributed by atoms with Crippen LogP contribution in [0.15, 0.2) is 15.8 Å². The lowest BCUT2D eigenvalue weighted by atomic mass is 10.4. The molecule has 0 spiro atoms. The average molecular weight is 195 g/mol. The highest BCUT2D eigenvalue weighted by atomic mass is 16.2. The van der Waals surface area contributed by atoms with Crippen LogP contribution in [0.5, 0.6) is 0 Å². The second-order valence-electron chi connectivity index (χ2n) is 3.58. The lowest BCUT2D eigenvalue weighted by Crippen LogP contribution is -2.43. The van der Waals surface area contributed by atoms with E-state index in [-0.39, 0.29) is 11.2 Å². The molecule has 0 aromatic carbocycles. The fourth-order valence-electron chi connectivity index (χ4n) is 1.68. The molecule has 0 radical (unpaired) electrons. The van der Waals surface area contributed by atoms with Gasteiger partial charge >= 0.3 is 5.69 Å². The van der Waals surface area contributed by atoms with Crippen molar-refractivity contribution in [2.45, 2.75) is 19.8 Å². The van der Waals surface area contributed by atoms with Crippen LogP contribution in [-0.4, -0.2) is 22.7 Å². The monoisotopic (exact) mass is 195 g/mol. The predicted octanol–water partition coefficient (Wildman–Crippen LogP) is -0.423. The molecule has 14 heavy (non-hydrogen) atoms. The van der Waals surface area contributed by atoms with Crippen LogP contribution in [0, 0.1) is 6.92 Å². The number of H-pyrrole nitrogens is 1. The van der Waals surface area contributed by atoms with Crippen LogP contribution in [0.25, 0.3) is 0 Å². The molecular formula is C9H13N3O2. The molecule has 2 heterocycles. The lowest BCUT2D eigenvalue weighted by Gasteiger charge is -2.19. The summed E-state index contributed by atoms with van der Waals surface area (Å²) >= 11 is 0.